The molecule has 4 heteroatoms. The molecule has 1 N–H and O–H groups in total. The molecule has 19 heavy (non-hydrogen) atoms. The molecule has 1 aliphatic heterocycles. The van der Waals surface area contributed by atoms with Gasteiger partial charge in [-0.15, -0.1) is 0 Å². The molecule has 2 aliphatic rings. The molecule has 0 bridgehead atoms. The number of nitrogens with one attached hydrogen (secondary N) is 1. The third kappa shape index (κ3) is 1.63. The molecular weight excluding hydrogens is 240 g/mol. The molecule has 1 aromatic rings. The lowest BCUT2D eigenvalue weighted by Crippen LogP contribution is -2.36. The third-order valence-corrected chi connectivity index (χ3v) is 4.38. The Morgan fingerprint density at radius 1 is 1.11 bits per heavy atom. The number of amides is 2. The van der Waals surface area contributed by atoms with Crippen molar-refractivity contribution in [2.45, 2.75) is 20.4 Å². The van der Waals surface area contributed by atoms with E-state index in [9.17, 15) is 9.59 Å². The summed E-state index contributed by atoms with van der Waals surface area (Å²) in [5, 5.41) is 3.07. The zero-order valence-corrected chi connectivity index (χ0v) is 11.4. The Kier molecular flexibility index (Phi) is 2.54. The van der Waals surface area contributed by atoms with Gasteiger partial charge in [0.1, 0.15) is 0 Å². The van der Waals surface area contributed by atoms with Crippen LogP contribution in [0.5, 0.6) is 0 Å². The van der Waals surface area contributed by atoms with Gasteiger partial charge in [0.2, 0.25) is 11.8 Å². The van der Waals surface area contributed by atoms with Crippen LogP contribution in [-0.4, -0.2) is 18.9 Å². The van der Waals surface area contributed by atoms with Crippen LogP contribution in [0.4, 0.5) is 5.69 Å². The van der Waals surface area contributed by atoms with Gasteiger partial charge in [-0.25, -0.2) is 0 Å². The molecular formula is C15H18N2O2. The quantitative estimate of drug-likeness (QED) is 0.837. The molecule has 1 saturated heterocycles. The second-order valence-electron chi connectivity index (χ2n) is 5.99. The van der Waals surface area contributed by atoms with Crippen molar-refractivity contribution in [2.75, 3.05) is 11.9 Å². The van der Waals surface area contributed by atoms with Crippen molar-refractivity contribution in [1.29, 1.82) is 0 Å². The summed E-state index contributed by atoms with van der Waals surface area (Å²) in [7, 11) is 1.89. The van der Waals surface area contributed by atoms with Gasteiger partial charge in [0.25, 0.3) is 0 Å². The zero-order valence-electron chi connectivity index (χ0n) is 11.4. The molecule has 100 valence electrons. The lowest BCUT2D eigenvalue weighted by atomic mass is 10.0. The topological polar surface area (TPSA) is 49.4 Å². The average Bonchev–Trinajstić information content (AvgIpc) is 2.82. The number of imide groups is 1. The number of benzene rings is 1. The summed E-state index contributed by atoms with van der Waals surface area (Å²) in [6, 6.07) is 7.59. The Balaban J connectivity index is 1.85. The zero-order chi connectivity index (χ0) is 13.8. The van der Waals surface area contributed by atoms with E-state index < -0.39 is 0 Å². The fourth-order valence-corrected chi connectivity index (χ4v) is 3.17. The largest absolute Gasteiger partial charge is 0.316 e. The van der Waals surface area contributed by atoms with E-state index in [1.54, 1.807) is 0 Å². The van der Waals surface area contributed by atoms with Crippen molar-refractivity contribution in [3.63, 3.8) is 0 Å². The Labute approximate surface area is 112 Å². The lowest BCUT2D eigenvalue weighted by Gasteiger charge is -2.20. The van der Waals surface area contributed by atoms with Crippen molar-refractivity contribution in [2.24, 2.45) is 17.3 Å². The fraction of sp³-hybridized carbons (Fsp3) is 0.467. The number of nitrogens with zero attached hydrogens (tertiary/aromatic N) is 1. The highest BCUT2D eigenvalue weighted by Gasteiger charge is 2.72. The summed E-state index contributed by atoms with van der Waals surface area (Å²) in [5.41, 5.74) is 1.69. The maximum atomic E-state index is 12.3. The number of hydrogen-bond donors (Lipinski definition) is 1. The van der Waals surface area contributed by atoms with Gasteiger partial charge >= 0.3 is 0 Å². The van der Waals surface area contributed by atoms with Gasteiger partial charge in [0, 0.05) is 6.54 Å². The van der Waals surface area contributed by atoms with Gasteiger partial charge in [-0.1, -0.05) is 26.0 Å². The maximum Gasteiger partial charge on any atom is 0.238 e. The van der Waals surface area contributed by atoms with Crippen molar-refractivity contribution < 1.29 is 9.59 Å². The first-order chi connectivity index (χ1) is 8.98. The second kappa shape index (κ2) is 3.90. The van der Waals surface area contributed by atoms with Crippen LogP contribution in [-0.2, 0) is 16.1 Å². The van der Waals surface area contributed by atoms with Crippen LogP contribution in [0, 0.1) is 17.3 Å². The predicted molar refractivity (Wildman–Crippen MR) is 72.5 cm³/mol. The molecule has 1 aromatic carbocycles. The van der Waals surface area contributed by atoms with E-state index in [-0.39, 0.29) is 29.1 Å². The molecule has 3 rings (SSSR count). The molecule has 2 fully saturated rings. The Morgan fingerprint density at radius 3 is 2.11 bits per heavy atom. The second-order valence-corrected chi connectivity index (χ2v) is 5.99. The standard InChI is InChI=1S/C15H18N2O2/c1-15(2)11-12(15)14(19)17(13(11)18)10-6-4-9(5-7-10)8-16-3/h4-7,11-12,16H,8H2,1-3H3. The van der Waals surface area contributed by atoms with Crippen molar-refractivity contribution >= 4 is 17.5 Å². The summed E-state index contributed by atoms with van der Waals surface area (Å²) < 4.78 is 0. The predicted octanol–water partition coefficient (Wildman–Crippen LogP) is 1.55. The van der Waals surface area contributed by atoms with Gasteiger partial charge in [0.05, 0.1) is 17.5 Å². The van der Waals surface area contributed by atoms with Gasteiger partial charge in [-0.2, -0.15) is 0 Å². The van der Waals surface area contributed by atoms with E-state index in [0.717, 1.165) is 12.1 Å². The minimum atomic E-state index is -0.142. The summed E-state index contributed by atoms with van der Waals surface area (Å²) in [6.45, 7) is 4.76. The van der Waals surface area contributed by atoms with Gasteiger partial charge in [-0.3, -0.25) is 14.5 Å². The molecule has 2 unspecified atom stereocenters. The number of anilines is 1. The number of rotatable bonds is 3. The molecule has 4 nitrogen and oxygen atoms in total. The number of hydrogen-bond acceptors (Lipinski definition) is 3. The van der Waals surface area contributed by atoms with Gasteiger partial charge in [0.15, 0.2) is 0 Å². The monoisotopic (exact) mass is 258 g/mol. The van der Waals surface area contributed by atoms with E-state index in [4.69, 9.17) is 0 Å². The minimum absolute atomic E-state index is 0.0404. The van der Waals surface area contributed by atoms with Crippen LogP contribution < -0.4 is 10.2 Å². The Hall–Kier alpha value is -1.68. The number of carbonyl (C=O) groups excluding carboxylic acids is 2. The van der Waals surface area contributed by atoms with Crippen LogP contribution in [0.3, 0.4) is 0 Å². The highest BCUT2D eigenvalue weighted by molar-refractivity contribution is 6.25. The average molecular weight is 258 g/mol. The molecule has 1 aliphatic carbocycles. The van der Waals surface area contributed by atoms with E-state index in [2.05, 4.69) is 5.32 Å². The first-order valence-corrected chi connectivity index (χ1v) is 6.60. The molecule has 0 spiro atoms. The number of piperidine rings is 1. The molecule has 2 amide bonds. The fourth-order valence-electron chi connectivity index (χ4n) is 3.17. The van der Waals surface area contributed by atoms with Crippen LogP contribution in [0.1, 0.15) is 19.4 Å². The van der Waals surface area contributed by atoms with Crippen molar-refractivity contribution in [3.8, 4) is 0 Å². The smallest absolute Gasteiger partial charge is 0.238 e. The van der Waals surface area contributed by atoms with E-state index in [1.165, 1.54) is 4.90 Å². The number of fused-ring (bicyclic) bond motifs is 1. The SMILES string of the molecule is CNCc1ccc(N2C(=O)C3C(C2=O)C3(C)C)cc1. The molecule has 1 heterocycles. The normalized spacial score (nSPS) is 27.6. The van der Waals surface area contributed by atoms with E-state index in [0.29, 0.717) is 5.69 Å². The minimum Gasteiger partial charge on any atom is -0.316 e. The van der Waals surface area contributed by atoms with Gasteiger partial charge in [-0.05, 0) is 30.2 Å². The van der Waals surface area contributed by atoms with Gasteiger partial charge < -0.3 is 5.32 Å². The third-order valence-electron chi connectivity index (χ3n) is 4.38. The lowest BCUT2D eigenvalue weighted by molar-refractivity contribution is -0.125. The number of carbonyl (C=O) groups is 2. The molecule has 0 aromatic heterocycles. The Morgan fingerprint density at radius 2 is 1.63 bits per heavy atom. The van der Waals surface area contributed by atoms with Crippen LogP contribution in [0.2, 0.25) is 0 Å². The van der Waals surface area contributed by atoms with E-state index >= 15 is 0 Å². The van der Waals surface area contributed by atoms with Crippen LogP contribution in [0.15, 0.2) is 24.3 Å². The highest BCUT2D eigenvalue weighted by atomic mass is 16.2. The van der Waals surface area contributed by atoms with E-state index in [1.807, 2.05) is 45.2 Å². The summed E-state index contributed by atoms with van der Waals surface area (Å²) in [6.07, 6.45) is 0. The van der Waals surface area contributed by atoms with Crippen LogP contribution in [0.25, 0.3) is 0 Å². The summed E-state index contributed by atoms with van der Waals surface area (Å²) in [4.78, 5) is 25.9. The molecule has 2 atom stereocenters. The first kappa shape index (κ1) is 12.4. The maximum absolute atomic E-state index is 12.3. The van der Waals surface area contributed by atoms with Crippen molar-refractivity contribution in [1.82, 2.24) is 5.32 Å². The Bertz CT molecular complexity index is 524. The summed E-state index contributed by atoms with van der Waals surface area (Å²) >= 11 is 0. The first-order valence-electron chi connectivity index (χ1n) is 6.60. The molecule has 0 radical (unpaired) electrons. The molecule has 1 saturated carbocycles. The highest BCUT2D eigenvalue weighted by Crippen LogP contribution is 2.63. The van der Waals surface area contributed by atoms with Crippen LogP contribution >= 0.6 is 0 Å². The van der Waals surface area contributed by atoms with Crippen molar-refractivity contribution in [3.05, 3.63) is 29.8 Å². The summed E-state index contributed by atoms with van der Waals surface area (Å²) in [5.74, 6) is -0.309.